The highest BCUT2D eigenvalue weighted by molar-refractivity contribution is 5.93. The van der Waals surface area contributed by atoms with E-state index >= 15 is 0 Å². The molecule has 0 amide bonds. The van der Waals surface area contributed by atoms with Gasteiger partial charge in [0.25, 0.3) is 11.4 Å². The number of ether oxygens (including phenoxy) is 2. The van der Waals surface area contributed by atoms with Crippen LogP contribution in [0.15, 0.2) is 72.8 Å². The van der Waals surface area contributed by atoms with Crippen molar-refractivity contribution in [3.8, 4) is 0 Å². The Hall–Kier alpha value is -4.60. The molecule has 10 heteroatoms. The standard InChI is InChI=1S/C22H16N2O8/c25-21(31-13-17-5-1-3-7-19(17)23(27)28)15-9-11-16(12-10-15)22(26)32-14-18-6-2-4-8-20(18)24(29)30/h1-12H,13-14H2. The monoisotopic (exact) mass is 436 g/mol. The van der Waals surface area contributed by atoms with E-state index in [1.165, 1.54) is 60.7 Å². The molecular formula is C22H16N2O8. The third kappa shape index (κ3) is 5.30. The highest BCUT2D eigenvalue weighted by Gasteiger charge is 2.17. The van der Waals surface area contributed by atoms with Crippen LogP contribution in [-0.2, 0) is 22.7 Å². The Balaban J connectivity index is 1.60. The van der Waals surface area contributed by atoms with Crippen molar-refractivity contribution in [2.45, 2.75) is 13.2 Å². The molecule has 162 valence electrons. The third-order valence-corrected chi connectivity index (χ3v) is 4.45. The van der Waals surface area contributed by atoms with Crippen LogP contribution in [0.3, 0.4) is 0 Å². The molecule has 0 aliphatic rings. The molecule has 32 heavy (non-hydrogen) atoms. The number of para-hydroxylation sites is 2. The fraction of sp³-hybridized carbons (Fsp3) is 0.0909. The van der Waals surface area contributed by atoms with E-state index in [9.17, 15) is 29.8 Å². The first-order chi connectivity index (χ1) is 15.4. The molecule has 10 nitrogen and oxygen atoms in total. The lowest BCUT2D eigenvalue weighted by atomic mass is 10.1. The molecule has 3 aromatic rings. The van der Waals surface area contributed by atoms with Crippen molar-refractivity contribution >= 4 is 23.3 Å². The normalized spacial score (nSPS) is 10.2. The molecule has 0 bridgehead atoms. The first kappa shape index (κ1) is 22.1. The minimum atomic E-state index is -0.719. The Bertz CT molecular complexity index is 1080. The van der Waals surface area contributed by atoms with Crippen molar-refractivity contribution in [3.05, 3.63) is 115 Å². The topological polar surface area (TPSA) is 139 Å². The van der Waals surface area contributed by atoms with E-state index in [1.807, 2.05) is 0 Å². The fourth-order valence-corrected chi connectivity index (χ4v) is 2.82. The van der Waals surface area contributed by atoms with Crippen molar-refractivity contribution in [2.75, 3.05) is 0 Å². The summed E-state index contributed by atoms with van der Waals surface area (Å²) in [4.78, 5) is 45.4. The van der Waals surface area contributed by atoms with Gasteiger partial charge >= 0.3 is 11.9 Å². The molecule has 0 N–H and O–H groups in total. The largest absolute Gasteiger partial charge is 0.457 e. The highest BCUT2D eigenvalue weighted by atomic mass is 16.6. The van der Waals surface area contributed by atoms with Crippen LogP contribution in [0.1, 0.15) is 31.8 Å². The summed E-state index contributed by atoms with van der Waals surface area (Å²) in [6, 6.07) is 17.2. The smallest absolute Gasteiger partial charge is 0.338 e. The fourth-order valence-electron chi connectivity index (χ4n) is 2.82. The second-order valence-corrected chi connectivity index (χ2v) is 6.50. The number of carbonyl (C=O) groups is 2. The van der Waals surface area contributed by atoms with Crippen molar-refractivity contribution in [3.63, 3.8) is 0 Å². The van der Waals surface area contributed by atoms with Gasteiger partial charge in [0.1, 0.15) is 13.2 Å². The van der Waals surface area contributed by atoms with Gasteiger partial charge in [-0.1, -0.05) is 24.3 Å². The molecule has 0 heterocycles. The summed E-state index contributed by atoms with van der Waals surface area (Å²) in [6.07, 6.45) is 0. The molecule has 0 saturated carbocycles. The number of hydrogen-bond acceptors (Lipinski definition) is 8. The minimum absolute atomic E-state index is 0.138. The van der Waals surface area contributed by atoms with Gasteiger partial charge in [-0.15, -0.1) is 0 Å². The summed E-state index contributed by atoms with van der Waals surface area (Å²) in [5, 5.41) is 22.0. The first-order valence-corrected chi connectivity index (χ1v) is 9.25. The van der Waals surface area contributed by atoms with Gasteiger partial charge in [-0.05, 0) is 36.4 Å². The van der Waals surface area contributed by atoms with E-state index in [4.69, 9.17) is 9.47 Å². The maximum absolute atomic E-state index is 12.2. The average Bonchev–Trinajstić information content (AvgIpc) is 2.81. The zero-order valence-electron chi connectivity index (χ0n) is 16.5. The van der Waals surface area contributed by atoms with Crippen LogP contribution in [-0.4, -0.2) is 21.8 Å². The minimum Gasteiger partial charge on any atom is -0.457 e. The van der Waals surface area contributed by atoms with Crippen LogP contribution in [0, 0.1) is 20.2 Å². The van der Waals surface area contributed by atoms with Crippen molar-refractivity contribution < 1.29 is 28.9 Å². The molecule has 0 unspecified atom stereocenters. The van der Waals surface area contributed by atoms with Crippen molar-refractivity contribution in [1.82, 2.24) is 0 Å². The van der Waals surface area contributed by atoms with Gasteiger partial charge in [-0.25, -0.2) is 9.59 Å². The number of nitro groups is 2. The van der Waals surface area contributed by atoms with Crippen molar-refractivity contribution in [2.24, 2.45) is 0 Å². The number of nitro benzene ring substituents is 2. The van der Waals surface area contributed by atoms with Gasteiger partial charge in [0.15, 0.2) is 0 Å². The van der Waals surface area contributed by atoms with Crippen LogP contribution in [0.2, 0.25) is 0 Å². The van der Waals surface area contributed by atoms with E-state index in [0.717, 1.165) is 0 Å². The van der Waals surface area contributed by atoms with Gasteiger partial charge in [-0.3, -0.25) is 20.2 Å². The lowest BCUT2D eigenvalue weighted by Gasteiger charge is -2.07. The van der Waals surface area contributed by atoms with E-state index in [1.54, 1.807) is 12.1 Å². The zero-order valence-corrected chi connectivity index (χ0v) is 16.5. The molecule has 0 aliphatic carbocycles. The van der Waals surface area contributed by atoms with Crippen LogP contribution < -0.4 is 0 Å². The first-order valence-electron chi connectivity index (χ1n) is 9.25. The summed E-state index contributed by atoms with van der Waals surface area (Å²) in [7, 11) is 0. The maximum Gasteiger partial charge on any atom is 0.338 e. The zero-order chi connectivity index (χ0) is 23.1. The van der Waals surface area contributed by atoms with Crippen molar-refractivity contribution in [1.29, 1.82) is 0 Å². The van der Waals surface area contributed by atoms with Crippen LogP contribution in [0.25, 0.3) is 0 Å². The number of rotatable bonds is 8. The molecule has 0 saturated heterocycles. The third-order valence-electron chi connectivity index (χ3n) is 4.45. The van der Waals surface area contributed by atoms with Gasteiger partial charge in [0.2, 0.25) is 0 Å². The number of esters is 2. The molecule has 0 fully saturated rings. The van der Waals surface area contributed by atoms with Gasteiger partial charge in [-0.2, -0.15) is 0 Å². The molecule has 0 radical (unpaired) electrons. The van der Waals surface area contributed by atoms with E-state index in [2.05, 4.69) is 0 Å². The summed E-state index contributed by atoms with van der Waals surface area (Å²) in [5.74, 6) is -1.44. The maximum atomic E-state index is 12.2. The Morgan fingerprint density at radius 3 is 1.31 bits per heavy atom. The van der Waals surface area contributed by atoms with Crippen LogP contribution in [0.5, 0.6) is 0 Å². The average molecular weight is 436 g/mol. The number of nitrogens with zero attached hydrogens (tertiary/aromatic N) is 2. The quantitative estimate of drug-likeness (QED) is 0.291. The van der Waals surface area contributed by atoms with E-state index in [-0.39, 0.29) is 46.8 Å². The Morgan fingerprint density at radius 2 is 0.969 bits per heavy atom. The molecule has 0 aliphatic heterocycles. The highest BCUT2D eigenvalue weighted by Crippen LogP contribution is 2.20. The Morgan fingerprint density at radius 1 is 0.625 bits per heavy atom. The summed E-state index contributed by atoms with van der Waals surface area (Å²) < 4.78 is 10.2. The Kier molecular flexibility index (Phi) is 6.86. The lowest BCUT2D eigenvalue weighted by Crippen LogP contribution is -2.09. The summed E-state index contributed by atoms with van der Waals surface area (Å²) in [6.45, 7) is -0.564. The number of carbonyl (C=O) groups excluding carboxylic acids is 2. The predicted octanol–water partition coefficient (Wildman–Crippen LogP) is 4.22. The Labute approximate surface area is 181 Å². The lowest BCUT2D eigenvalue weighted by molar-refractivity contribution is -0.386. The SMILES string of the molecule is O=C(OCc1ccccc1[N+](=O)[O-])c1ccc(C(=O)OCc2ccccc2[N+](=O)[O-])cc1. The van der Waals surface area contributed by atoms with Gasteiger partial charge in [0.05, 0.1) is 32.1 Å². The molecule has 0 atom stereocenters. The van der Waals surface area contributed by atoms with Crippen LogP contribution >= 0.6 is 0 Å². The summed E-state index contributed by atoms with van der Waals surface area (Å²) in [5.41, 5.74) is 0.467. The molecule has 0 spiro atoms. The predicted molar refractivity (Wildman–Crippen MR) is 111 cm³/mol. The van der Waals surface area contributed by atoms with E-state index < -0.39 is 21.8 Å². The van der Waals surface area contributed by atoms with Gasteiger partial charge in [0, 0.05) is 12.1 Å². The van der Waals surface area contributed by atoms with Crippen LogP contribution in [0.4, 0.5) is 11.4 Å². The second kappa shape index (κ2) is 9.94. The molecule has 3 aromatic carbocycles. The van der Waals surface area contributed by atoms with Gasteiger partial charge < -0.3 is 9.47 Å². The summed E-state index contributed by atoms with van der Waals surface area (Å²) >= 11 is 0. The van der Waals surface area contributed by atoms with E-state index in [0.29, 0.717) is 0 Å². The molecule has 3 rings (SSSR count). The molecular weight excluding hydrogens is 420 g/mol. The number of hydrogen-bond donors (Lipinski definition) is 0. The second-order valence-electron chi connectivity index (χ2n) is 6.50. The number of benzene rings is 3. The molecule has 0 aromatic heterocycles.